The topological polar surface area (TPSA) is 90.9 Å². The lowest BCUT2D eigenvalue weighted by Gasteiger charge is -2.15. The van der Waals surface area contributed by atoms with Crippen molar-refractivity contribution in [3.05, 3.63) is 29.2 Å². The third kappa shape index (κ3) is 2.39. The van der Waals surface area contributed by atoms with E-state index in [0.29, 0.717) is 11.2 Å². The highest BCUT2D eigenvalue weighted by molar-refractivity contribution is 6.29. The van der Waals surface area contributed by atoms with Crippen LogP contribution in [0.15, 0.2) is 18.5 Å². The Kier molecular flexibility index (Phi) is 3.58. The lowest BCUT2D eigenvalue weighted by molar-refractivity contribution is 0.00486. The van der Waals surface area contributed by atoms with Crippen LogP contribution in [0.4, 0.5) is 0 Å². The van der Waals surface area contributed by atoms with Crippen molar-refractivity contribution in [2.45, 2.75) is 18.6 Å². The minimum atomic E-state index is -1.15. The smallest absolute Gasteiger partial charge is 0.162 e. The highest BCUT2D eigenvalue weighted by Crippen LogP contribution is 2.23. The fourth-order valence-electron chi connectivity index (χ4n) is 1.57. The van der Waals surface area contributed by atoms with Crippen LogP contribution < -0.4 is 0 Å². The van der Waals surface area contributed by atoms with E-state index in [1.165, 1.54) is 10.7 Å². The number of hydrogen-bond acceptors (Lipinski definition) is 5. The number of aromatic nitrogens is 3. The molecule has 0 aromatic carbocycles. The molecule has 2 atom stereocenters. The maximum Gasteiger partial charge on any atom is 0.162 e. The Labute approximate surface area is 102 Å². The van der Waals surface area contributed by atoms with Crippen molar-refractivity contribution in [3.63, 3.8) is 0 Å². The predicted octanol–water partition coefficient (Wildman–Crippen LogP) is 0.159. The second-order valence-electron chi connectivity index (χ2n) is 3.64. The van der Waals surface area contributed by atoms with Crippen molar-refractivity contribution >= 4 is 17.2 Å². The van der Waals surface area contributed by atoms with E-state index in [-0.39, 0.29) is 18.2 Å². The molecule has 0 saturated heterocycles. The fraction of sp³-hybridized carbons (Fsp3) is 0.400. The van der Waals surface area contributed by atoms with E-state index < -0.39 is 12.2 Å². The first-order chi connectivity index (χ1) is 8.13. The number of halogens is 1. The molecule has 17 heavy (non-hydrogen) atoms. The fourth-order valence-corrected chi connectivity index (χ4v) is 1.71. The number of hydrogen-bond donors (Lipinski definition) is 3. The third-order valence-electron chi connectivity index (χ3n) is 2.47. The molecule has 0 aliphatic carbocycles. The zero-order chi connectivity index (χ0) is 12.4. The predicted molar refractivity (Wildman–Crippen MR) is 60.7 cm³/mol. The summed E-state index contributed by atoms with van der Waals surface area (Å²) >= 11 is 5.76. The van der Waals surface area contributed by atoms with Gasteiger partial charge in [-0.2, -0.15) is 5.10 Å². The second-order valence-corrected chi connectivity index (χ2v) is 4.03. The molecule has 0 radical (unpaired) electrons. The van der Waals surface area contributed by atoms with Gasteiger partial charge in [0, 0.05) is 18.4 Å². The van der Waals surface area contributed by atoms with E-state index in [9.17, 15) is 10.2 Å². The van der Waals surface area contributed by atoms with E-state index in [2.05, 4.69) is 10.1 Å². The highest BCUT2D eigenvalue weighted by Gasteiger charge is 2.22. The maximum atomic E-state index is 9.90. The van der Waals surface area contributed by atoms with Gasteiger partial charge in [-0.25, -0.2) is 9.50 Å². The molecule has 2 aromatic rings. The molecule has 0 fully saturated rings. The van der Waals surface area contributed by atoms with Crippen LogP contribution >= 0.6 is 11.6 Å². The molecule has 92 valence electrons. The second kappa shape index (κ2) is 4.97. The summed E-state index contributed by atoms with van der Waals surface area (Å²) in [5, 5.41) is 32.5. The van der Waals surface area contributed by atoms with E-state index >= 15 is 0 Å². The summed E-state index contributed by atoms with van der Waals surface area (Å²) in [7, 11) is 0. The molecule has 0 aliphatic heterocycles. The molecule has 0 spiro atoms. The zero-order valence-electron chi connectivity index (χ0n) is 8.86. The van der Waals surface area contributed by atoms with Gasteiger partial charge in [0.15, 0.2) is 5.65 Å². The van der Waals surface area contributed by atoms with Gasteiger partial charge < -0.3 is 15.3 Å². The van der Waals surface area contributed by atoms with Crippen LogP contribution in [0.3, 0.4) is 0 Å². The molecule has 2 rings (SSSR count). The van der Waals surface area contributed by atoms with Crippen molar-refractivity contribution in [3.8, 4) is 0 Å². The molecule has 2 heterocycles. The normalized spacial score (nSPS) is 15.1. The van der Waals surface area contributed by atoms with Gasteiger partial charge in [-0.15, -0.1) is 0 Å². The molecule has 0 saturated carbocycles. The van der Waals surface area contributed by atoms with Gasteiger partial charge in [0.2, 0.25) is 0 Å². The van der Waals surface area contributed by atoms with Crippen LogP contribution in [-0.2, 0) is 0 Å². The quantitative estimate of drug-likeness (QED) is 0.679. The largest absolute Gasteiger partial charge is 0.396 e. The average molecular weight is 258 g/mol. The summed E-state index contributed by atoms with van der Waals surface area (Å²) in [4.78, 5) is 4.03. The van der Waals surface area contributed by atoms with Crippen molar-refractivity contribution in [1.29, 1.82) is 0 Å². The molecule has 0 bridgehead atoms. The van der Waals surface area contributed by atoms with Gasteiger partial charge >= 0.3 is 0 Å². The minimum Gasteiger partial charge on any atom is -0.396 e. The first kappa shape index (κ1) is 12.3. The number of aliphatic hydroxyl groups is 3. The van der Waals surface area contributed by atoms with Crippen molar-refractivity contribution in [1.82, 2.24) is 14.6 Å². The van der Waals surface area contributed by atoms with Crippen LogP contribution in [0.2, 0.25) is 5.15 Å². The molecule has 2 aromatic heterocycles. The lowest BCUT2D eigenvalue weighted by Crippen LogP contribution is -2.19. The summed E-state index contributed by atoms with van der Waals surface area (Å²) in [5.74, 6) is 0. The summed E-state index contributed by atoms with van der Waals surface area (Å²) in [5.41, 5.74) is 0.774. The minimum absolute atomic E-state index is 0.0824. The number of nitrogens with zero attached hydrogens (tertiary/aromatic N) is 3. The molecule has 7 heteroatoms. The Morgan fingerprint density at radius 2 is 2.18 bits per heavy atom. The lowest BCUT2D eigenvalue weighted by atomic mass is 10.1. The Hall–Kier alpha value is -1.21. The van der Waals surface area contributed by atoms with E-state index in [0.717, 1.165) is 0 Å². The zero-order valence-corrected chi connectivity index (χ0v) is 9.62. The third-order valence-corrected chi connectivity index (χ3v) is 2.68. The molecule has 3 N–H and O–H groups in total. The summed E-state index contributed by atoms with van der Waals surface area (Å²) in [6, 6.07) is 1.57. The van der Waals surface area contributed by atoms with E-state index in [1.54, 1.807) is 12.3 Å². The molecule has 0 aliphatic rings. The average Bonchev–Trinajstić information content (AvgIpc) is 2.71. The van der Waals surface area contributed by atoms with E-state index in [4.69, 9.17) is 16.7 Å². The SMILES string of the molecule is OCCC(O)C(O)c1cnn2ccc(Cl)nc12. The van der Waals surface area contributed by atoms with Gasteiger partial charge in [0.25, 0.3) is 0 Å². The Morgan fingerprint density at radius 1 is 1.41 bits per heavy atom. The molecular formula is C10H12ClN3O3. The van der Waals surface area contributed by atoms with Crippen molar-refractivity contribution in [2.75, 3.05) is 6.61 Å². The maximum absolute atomic E-state index is 9.90. The first-order valence-electron chi connectivity index (χ1n) is 5.10. The first-order valence-corrected chi connectivity index (χ1v) is 5.48. The molecule has 2 unspecified atom stereocenters. The van der Waals surface area contributed by atoms with Crippen LogP contribution in [0, 0.1) is 0 Å². The van der Waals surface area contributed by atoms with E-state index in [1.807, 2.05) is 0 Å². The Balaban J connectivity index is 2.38. The van der Waals surface area contributed by atoms with Gasteiger partial charge in [-0.05, 0) is 12.5 Å². The highest BCUT2D eigenvalue weighted by atomic mass is 35.5. The van der Waals surface area contributed by atoms with Crippen molar-refractivity contribution in [2.24, 2.45) is 0 Å². The molecule has 6 nitrogen and oxygen atoms in total. The van der Waals surface area contributed by atoms with Gasteiger partial charge in [0.1, 0.15) is 11.3 Å². The molecular weight excluding hydrogens is 246 g/mol. The summed E-state index contributed by atoms with van der Waals surface area (Å²) < 4.78 is 1.45. The monoisotopic (exact) mass is 257 g/mol. The number of fused-ring (bicyclic) bond motifs is 1. The van der Waals surface area contributed by atoms with Gasteiger partial charge in [0.05, 0.1) is 12.3 Å². The van der Waals surface area contributed by atoms with Crippen molar-refractivity contribution < 1.29 is 15.3 Å². The Bertz CT molecular complexity index is 516. The Morgan fingerprint density at radius 3 is 2.88 bits per heavy atom. The number of aliphatic hydroxyl groups excluding tert-OH is 3. The van der Waals surface area contributed by atoms with Crippen LogP contribution in [-0.4, -0.2) is 42.6 Å². The van der Waals surface area contributed by atoms with Crippen LogP contribution in [0.5, 0.6) is 0 Å². The summed E-state index contributed by atoms with van der Waals surface area (Å²) in [6.07, 6.45) is 0.905. The number of rotatable bonds is 4. The van der Waals surface area contributed by atoms with Crippen LogP contribution in [0.1, 0.15) is 18.1 Å². The van der Waals surface area contributed by atoms with Crippen LogP contribution in [0.25, 0.3) is 5.65 Å². The molecule has 0 amide bonds. The standard InChI is InChI=1S/C10H12ClN3O3/c11-8-1-3-14-10(13-8)6(5-12-14)9(17)7(16)2-4-15/h1,3,5,7,9,15-17H,2,4H2. The van der Waals surface area contributed by atoms with Gasteiger partial charge in [-0.3, -0.25) is 0 Å². The van der Waals surface area contributed by atoms with Gasteiger partial charge in [-0.1, -0.05) is 11.6 Å². The summed E-state index contributed by atoms with van der Waals surface area (Å²) in [6.45, 7) is -0.203.